The standard InChI is InChI=1S/C22H29NO6/c1-14-18(23-19(29-14)21(2,3)4)13-26-17-9-7-15(8-10-17)16-11-27-22(5,28-12-16)20(24)25-6/h7-10,16H,11-13H2,1-6H3/t16-,22-. The van der Waals surface area contributed by atoms with Crippen molar-refractivity contribution in [2.75, 3.05) is 20.3 Å². The number of esters is 1. The molecule has 1 aromatic carbocycles. The van der Waals surface area contributed by atoms with Crippen LogP contribution in [0, 0.1) is 6.92 Å². The third kappa shape index (κ3) is 4.79. The van der Waals surface area contributed by atoms with E-state index in [1.807, 2.05) is 31.2 Å². The number of aromatic nitrogens is 1. The number of carbonyl (C=O) groups is 1. The van der Waals surface area contributed by atoms with Gasteiger partial charge in [-0.3, -0.25) is 0 Å². The van der Waals surface area contributed by atoms with Crippen molar-refractivity contribution in [2.24, 2.45) is 0 Å². The summed E-state index contributed by atoms with van der Waals surface area (Å²) in [5.74, 6) is 0.393. The first-order chi connectivity index (χ1) is 13.6. The van der Waals surface area contributed by atoms with Gasteiger partial charge in [-0.1, -0.05) is 32.9 Å². The molecule has 0 N–H and O–H groups in total. The van der Waals surface area contributed by atoms with E-state index < -0.39 is 11.8 Å². The lowest BCUT2D eigenvalue weighted by atomic mass is 9.97. The molecule has 7 heteroatoms. The largest absolute Gasteiger partial charge is 0.487 e. The van der Waals surface area contributed by atoms with Gasteiger partial charge < -0.3 is 23.4 Å². The van der Waals surface area contributed by atoms with Gasteiger partial charge in [0.1, 0.15) is 23.8 Å². The Morgan fingerprint density at radius 1 is 1.21 bits per heavy atom. The molecule has 0 radical (unpaired) electrons. The highest BCUT2D eigenvalue weighted by Gasteiger charge is 2.41. The van der Waals surface area contributed by atoms with Crippen LogP contribution in [0.4, 0.5) is 0 Å². The molecule has 0 bridgehead atoms. The van der Waals surface area contributed by atoms with E-state index in [-0.39, 0.29) is 11.3 Å². The van der Waals surface area contributed by atoms with Gasteiger partial charge in [0.05, 0.1) is 20.3 Å². The Kier molecular flexibility index (Phi) is 6.00. The summed E-state index contributed by atoms with van der Waals surface area (Å²) in [6, 6.07) is 7.76. The predicted octanol–water partition coefficient (Wildman–Crippen LogP) is 3.88. The summed E-state index contributed by atoms with van der Waals surface area (Å²) in [6.07, 6.45) is 0. The molecule has 0 unspecified atom stereocenters. The van der Waals surface area contributed by atoms with Crippen molar-refractivity contribution in [2.45, 2.75) is 58.3 Å². The van der Waals surface area contributed by atoms with Crippen LogP contribution in [0.3, 0.4) is 0 Å². The molecule has 1 fully saturated rings. The lowest BCUT2D eigenvalue weighted by Gasteiger charge is -2.35. The molecule has 0 atom stereocenters. The minimum atomic E-state index is -1.34. The van der Waals surface area contributed by atoms with Crippen molar-refractivity contribution in [3.63, 3.8) is 0 Å². The minimum absolute atomic E-state index is 0.0360. The molecule has 29 heavy (non-hydrogen) atoms. The van der Waals surface area contributed by atoms with Crippen LogP contribution < -0.4 is 4.74 Å². The highest BCUT2D eigenvalue weighted by atomic mass is 16.7. The predicted molar refractivity (Wildman–Crippen MR) is 106 cm³/mol. The van der Waals surface area contributed by atoms with Gasteiger partial charge in [-0.25, -0.2) is 9.78 Å². The molecule has 1 aliphatic heterocycles. The fraction of sp³-hybridized carbons (Fsp3) is 0.545. The zero-order chi connectivity index (χ0) is 21.2. The Morgan fingerprint density at radius 3 is 2.34 bits per heavy atom. The number of nitrogens with zero attached hydrogens (tertiary/aromatic N) is 1. The monoisotopic (exact) mass is 403 g/mol. The first-order valence-corrected chi connectivity index (χ1v) is 9.68. The van der Waals surface area contributed by atoms with Crippen LogP contribution in [0.1, 0.15) is 56.5 Å². The number of hydrogen-bond donors (Lipinski definition) is 0. The van der Waals surface area contributed by atoms with Crippen molar-refractivity contribution in [3.05, 3.63) is 47.2 Å². The molecule has 1 aromatic heterocycles. The summed E-state index contributed by atoms with van der Waals surface area (Å²) in [5.41, 5.74) is 1.71. The van der Waals surface area contributed by atoms with Crippen LogP contribution in [-0.4, -0.2) is 37.1 Å². The molecule has 0 spiro atoms. The van der Waals surface area contributed by atoms with Crippen LogP contribution in [0.15, 0.2) is 28.7 Å². The summed E-state index contributed by atoms with van der Waals surface area (Å²) in [6.45, 7) is 10.8. The SMILES string of the molecule is COC(=O)[C@]1(C)OC[C@@H](c2ccc(OCc3nc(C(C)(C)C)oc3C)cc2)CO1. The fourth-order valence-corrected chi connectivity index (χ4v) is 2.98. The van der Waals surface area contributed by atoms with Crippen molar-refractivity contribution in [3.8, 4) is 5.75 Å². The number of carbonyl (C=O) groups excluding carboxylic acids is 1. The van der Waals surface area contributed by atoms with Crippen LogP contribution >= 0.6 is 0 Å². The van der Waals surface area contributed by atoms with Crippen LogP contribution in [-0.2, 0) is 31.0 Å². The van der Waals surface area contributed by atoms with Gasteiger partial charge in [-0.05, 0) is 24.6 Å². The zero-order valence-electron chi connectivity index (χ0n) is 17.9. The quantitative estimate of drug-likeness (QED) is 0.701. The molecule has 0 aliphatic carbocycles. The van der Waals surface area contributed by atoms with E-state index >= 15 is 0 Å². The fourth-order valence-electron chi connectivity index (χ4n) is 2.98. The van der Waals surface area contributed by atoms with Gasteiger partial charge in [-0.15, -0.1) is 0 Å². The second-order valence-electron chi connectivity index (χ2n) is 8.39. The Morgan fingerprint density at radius 2 is 1.83 bits per heavy atom. The Hall–Kier alpha value is -2.38. The number of oxazole rings is 1. The summed E-state index contributed by atoms with van der Waals surface area (Å²) >= 11 is 0. The van der Waals surface area contributed by atoms with E-state index in [1.165, 1.54) is 7.11 Å². The number of hydrogen-bond acceptors (Lipinski definition) is 7. The van der Waals surface area contributed by atoms with Crippen LogP contribution in [0.25, 0.3) is 0 Å². The normalized spacial score (nSPS) is 22.3. The first-order valence-electron chi connectivity index (χ1n) is 9.68. The van der Waals surface area contributed by atoms with E-state index in [1.54, 1.807) is 6.92 Å². The summed E-state index contributed by atoms with van der Waals surface area (Å²) in [7, 11) is 1.32. The molecule has 158 valence electrons. The summed E-state index contributed by atoms with van der Waals surface area (Å²) in [4.78, 5) is 16.3. The van der Waals surface area contributed by atoms with Crippen molar-refractivity contribution < 1.29 is 28.2 Å². The van der Waals surface area contributed by atoms with Gasteiger partial charge in [0, 0.05) is 18.3 Å². The van der Waals surface area contributed by atoms with Gasteiger partial charge in [0.2, 0.25) is 0 Å². The smallest absolute Gasteiger partial charge is 0.366 e. The Balaban J connectivity index is 1.58. The molecular weight excluding hydrogens is 374 g/mol. The number of benzene rings is 1. The number of methoxy groups -OCH3 is 1. The zero-order valence-corrected chi connectivity index (χ0v) is 17.9. The van der Waals surface area contributed by atoms with Gasteiger partial charge in [0.15, 0.2) is 5.89 Å². The molecular formula is C22H29NO6. The first kappa shape index (κ1) is 21.3. The molecule has 1 aliphatic rings. The third-order valence-corrected chi connectivity index (χ3v) is 4.94. The summed E-state index contributed by atoms with van der Waals surface area (Å²) < 4.78 is 27.6. The lowest BCUT2D eigenvalue weighted by molar-refractivity contribution is -0.264. The average molecular weight is 403 g/mol. The maximum absolute atomic E-state index is 11.7. The van der Waals surface area contributed by atoms with E-state index in [4.69, 9.17) is 23.4 Å². The highest BCUT2D eigenvalue weighted by molar-refractivity contribution is 5.77. The van der Waals surface area contributed by atoms with E-state index in [0.717, 1.165) is 22.8 Å². The van der Waals surface area contributed by atoms with Crippen LogP contribution in [0.5, 0.6) is 5.75 Å². The van der Waals surface area contributed by atoms with Crippen LogP contribution in [0.2, 0.25) is 0 Å². The Labute approximate surface area is 171 Å². The average Bonchev–Trinajstić information content (AvgIpc) is 3.08. The van der Waals surface area contributed by atoms with Crippen molar-refractivity contribution >= 4 is 5.97 Å². The van der Waals surface area contributed by atoms with Gasteiger partial charge in [-0.2, -0.15) is 0 Å². The molecule has 2 heterocycles. The molecule has 3 rings (SSSR count). The van der Waals surface area contributed by atoms with Gasteiger partial charge in [0.25, 0.3) is 5.79 Å². The van der Waals surface area contributed by atoms with E-state index in [9.17, 15) is 4.79 Å². The maximum Gasteiger partial charge on any atom is 0.366 e. The molecule has 2 aromatic rings. The Bertz CT molecular complexity index is 841. The number of ether oxygens (including phenoxy) is 4. The highest BCUT2D eigenvalue weighted by Crippen LogP contribution is 2.30. The minimum Gasteiger partial charge on any atom is -0.487 e. The molecule has 0 saturated carbocycles. The van der Waals surface area contributed by atoms with E-state index in [0.29, 0.717) is 25.7 Å². The second kappa shape index (κ2) is 8.16. The molecule has 7 nitrogen and oxygen atoms in total. The molecule has 0 amide bonds. The van der Waals surface area contributed by atoms with Crippen molar-refractivity contribution in [1.82, 2.24) is 4.98 Å². The third-order valence-electron chi connectivity index (χ3n) is 4.94. The number of rotatable bonds is 5. The maximum atomic E-state index is 11.7. The van der Waals surface area contributed by atoms with Gasteiger partial charge >= 0.3 is 5.97 Å². The van der Waals surface area contributed by atoms with E-state index in [2.05, 4.69) is 25.8 Å². The number of aryl methyl sites for hydroxylation is 1. The molecule has 1 saturated heterocycles. The topological polar surface area (TPSA) is 80.0 Å². The summed E-state index contributed by atoms with van der Waals surface area (Å²) in [5, 5.41) is 0. The van der Waals surface area contributed by atoms with Crippen molar-refractivity contribution in [1.29, 1.82) is 0 Å². The lowest BCUT2D eigenvalue weighted by Crippen LogP contribution is -2.47. The second-order valence-corrected chi connectivity index (χ2v) is 8.39.